The first kappa shape index (κ1) is 16.8. The van der Waals surface area contributed by atoms with Crippen molar-refractivity contribution in [1.82, 2.24) is 10.3 Å². The van der Waals surface area contributed by atoms with Gasteiger partial charge in [-0.05, 0) is 18.2 Å². The fourth-order valence-electron chi connectivity index (χ4n) is 3.43. The summed E-state index contributed by atoms with van der Waals surface area (Å²) in [6.07, 6.45) is 1.56. The van der Waals surface area contributed by atoms with Crippen LogP contribution in [-0.4, -0.2) is 40.5 Å². The molecule has 7 nitrogen and oxygen atoms in total. The van der Waals surface area contributed by atoms with Crippen LogP contribution in [0.3, 0.4) is 0 Å². The van der Waals surface area contributed by atoms with Gasteiger partial charge in [0.15, 0.2) is 0 Å². The Hall–Kier alpha value is -3.61. The number of aromatic nitrogens is 1. The highest BCUT2D eigenvalue weighted by Gasteiger charge is 2.46. The summed E-state index contributed by atoms with van der Waals surface area (Å²) in [6.45, 7) is 0.0109. The summed E-state index contributed by atoms with van der Waals surface area (Å²) in [7, 11) is 0. The minimum Gasteiger partial charge on any atom is -0.481 e. The molecule has 0 saturated carbocycles. The average molecular weight is 363 g/mol. The van der Waals surface area contributed by atoms with Crippen molar-refractivity contribution in [1.29, 1.82) is 0 Å². The fourth-order valence-corrected chi connectivity index (χ4v) is 3.43. The maximum atomic E-state index is 12.8. The van der Waals surface area contributed by atoms with E-state index in [0.29, 0.717) is 16.6 Å². The number of fused-ring (bicyclic) bond motifs is 1. The number of benzene rings is 2. The van der Waals surface area contributed by atoms with Gasteiger partial charge in [0.05, 0.1) is 5.56 Å². The molecule has 4 rings (SSSR count). The van der Waals surface area contributed by atoms with Gasteiger partial charge in [-0.15, -0.1) is 0 Å². The minimum absolute atomic E-state index is 0.0109. The van der Waals surface area contributed by atoms with Gasteiger partial charge in [0.25, 0.3) is 11.8 Å². The standard InChI is InChI=1S/C20H17N3O4/c24-18(14-10-21-16-9-5-4-8-13(14)16)22-17-15(20(26)27)11-23(19(17)25)12-6-2-1-3-7-12/h1-10,15,17,21H,11H2,(H,22,24)(H,26,27)/t15-,17-/m0/s1. The van der Waals surface area contributed by atoms with Crippen LogP contribution in [-0.2, 0) is 9.59 Å². The summed E-state index contributed by atoms with van der Waals surface area (Å²) in [6, 6.07) is 15.0. The van der Waals surface area contributed by atoms with Gasteiger partial charge in [0.1, 0.15) is 12.0 Å². The van der Waals surface area contributed by atoms with Crippen LogP contribution in [0.2, 0.25) is 0 Å². The first-order chi connectivity index (χ1) is 13.1. The van der Waals surface area contributed by atoms with Gasteiger partial charge in [-0.3, -0.25) is 14.4 Å². The molecule has 136 valence electrons. The number of hydrogen-bond acceptors (Lipinski definition) is 3. The summed E-state index contributed by atoms with van der Waals surface area (Å²) in [5.41, 5.74) is 1.78. The Morgan fingerprint density at radius 2 is 1.78 bits per heavy atom. The monoisotopic (exact) mass is 363 g/mol. The number of nitrogens with one attached hydrogen (secondary N) is 2. The van der Waals surface area contributed by atoms with Gasteiger partial charge >= 0.3 is 5.97 Å². The first-order valence-electron chi connectivity index (χ1n) is 8.52. The van der Waals surface area contributed by atoms with Crippen LogP contribution in [0.1, 0.15) is 10.4 Å². The second-order valence-electron chi connectivity index (χ2n) is 6.43. The zero-order valence-electron chi connectivity index (χ0n) is 14.3. The third-order valence-corrected chi connectivity index (χ3v) is 4.82. The zero-order valence-corrected chi connectivity index (χ0v) is 14.3. The van der Waals surface area contributed by atoms with Crippen LogP contribution < -0.4 is 10.2 Å². The van der Waals surface area contributed by atoms with Crippen molar-refractivity contribution < 1.29 is 19.5 Å². The third-order valence-electron chi connectivity index (χ3n) is 4.82. The summed E-state index contributed by atoms with van der Waals surface area (Å²) in [5.74, 6) is -3.05. The molecule has 3 aromatic rings. The SMILES string of the molecule is O=C(N[C@@H]1C(=O)N(c2ccccc2)C[C@@H]1C(=O)O)c1c[nH]c2ccccc12. The number of para-hydroxylation sites is 2. The Morgan fingerprint density at radius 3 is 2.52 bits per heavy atom. The van der Waals surface area contributed by atoms with E-state index in [2.05, 4.69) is 10.3 Å². The number of carboxylic acid groups (broad SMARTS) is 1. The number of hydrogen-bond donors (Lipinski definition) is 3. The van der Waals surface area contributed by atoms with E-state index < -0.39 is 29.7 Å². The van der Waals surface area contributed by atoms with E-state index in [1.54, 1.807) is 36.5 Å². The molecule has 3 N–H and O–H groups in total. The topological polar surface area (TPSA) is 102 Å². The Kier molecular flexibility index (Phi) is 4.12. The number of carboxylic acids is 1. The van der Waals surface area contributed by atoms with Crippen LogP contribution in [0.25, 0.3) is 10.9 Å². The zero-order chi connectivity index (χ0) is 19.0. The average Bonchev–Trinajstić information content (AvgIpc) is 3.24. The molecule has 0 spiro atoms. The van der Waals surface area contributed by atoms with Crippen LogP contribution in [0.5, 0.6) is 0 Å². The third kappa shape index (κ3) is 2.93. The van der Waals surface area contributed by atoms with Gasteiger partial charge in [-0.25, -0.2) is 0 Å². The van der Waals surface area contributed by atoms with Crippen molar-refractivity contribution in [3.63, 3.8) is 0 Å². The Bertz CT molecular complexity index is 1030. The highest BCUT2D eigenvalue weighted by Crippen LogP contribution is 2.26. The highest BCUT2D eigenvalue weighted by molar-refractivity contribution is 6.10. The number of carbonyl (C=O) groups is 3. The number of aliphatic carboxylic acids is 1. The second-order valence-corrected chi connectivity index (χ2v) is 6.43. The van der Waals surface area contributed by atoms with Crippen LogP contribution >= 0.6 is 0 Å². The van der Waals surface area contributed by atoms with Crippen molar-refractivity contribution in [3.8, 4) is 0 Å². The number of nitrogens with zero attached hydrogens (tertiary/aromatic N) is 1. The molecule has 0 unspecified atom stereocenters. The highest BCUT2D eigenvalue weighted by atomic mass is 16.4. The molecule has 2 heterocycles. The second kappa shape index (κ2) is 6.60. The molecule has 0 aliphatic carbocycles. The lowest BCUT2D eigenvalue weighted by molar-refractivity contribution is -0.142. The number of carbonyl (C=O) groups excluding carboxylic acids is 2. The van der Waals surface area contributed by atoms with Gasteiger partial charge in [-0.2, -0.15) is 0 Å². The molecule has 1 aliphatic heterocycles. The number of rotatable bonds is 4. The summed E-state index contributed by atoms with van der Waals surface area (Å²) in [5, 5.41) is 12.9. The molecule has 2 atom stereocenters. The van der Waals surface area contributed by atoms with E-state index in [-0.39, 0.29) is 6.54 Å². The van der Waals surface area contributed by atoms with Crippen LogP contribution in [0.15, 0.2) is 60.8 Å². The largest absolute Gasteiger partial charge is 0.481 e. The lowest BCUT2D eigenvalue weighted by atomic mass is 10.0. The van der Waals surface area contributed by atoms with E-state index in [1.165, 1.54) is 4.90 Å². The van der Waals surface area contributed by atoms with E-state index >= 15 is 0 Å². The maximum absolute atomic E-state index is 12.8. The smallest absolute Gasteiger partial charge is 0.310 e. The fraction of sp³-hybridized carbons (Fsp3) is 0.150. The quantitative estimate of drug-likeness (QED) is 0.660. The predicted molar refractivity (Wildman–Crippen MR) is 99.5 cm³/mol. The van der Waals surface area contributed by atoms with Gasteiger partial charge in [0, 0.05) is 29.3 Å². The number of amides is 2. The lowest BCUT2D eigenvalue weighted by Crippen LogP contribution is -2.46. The van der Waals surface area contributed by atoms with Gasteiger partial charge in [0.2, 0.25) is 0 Å². The summed E-state index contributed by atoms with van der Waals surface area (Å²) < 4.78 is 0. The minimum atomic E-state index is -1.12. The molecular formula is C20H17N3O4. The first-order valence-corrected chi connectivity index (χ1v) is 8.52. The van der Waals surface area contributed by atoms with Crippen molar-refractivity contribution in [2.24, 2.45) is 5.92 Å². The van der Waals surface area contributed by atoms with Crippen molar-refractivity contribution in [2.75, 3.05) is 11.4 Å². The molecule has 1 saturated heterocycles. The normalized spacial score (nSPS) is 19.4. The van der Waals surface area contributed by atoms with E-state index in [1.807, 2.05) is 24.3 Å². The van der Waals surface area contributed by atoms with Crippen LogP contribution in [0, 0.1) is 5.92 Å². The molecule has 1 fully saturated rings. The van der Waals surface area contributed by atoms with Gasteiger partial charge in [-0.1, -0.05) is 36.4 Å². The Morgan fingerprint density at radius 1 is 1.07 bits per heavy atom. The van der Waals surface area contributed by atoms with Crippen LogP contribution in [0.4, 0.5) is 5.69 Å². The molecule has 0 bridgehead atoms. The summed E-state index contributed by atoms with van der Waals surface area (Å²) in [4.78, 5) is 41.6. The molecule has 27 heavy (non-hydrogen) atoms. The predicted octanol–water partition coefficient (Wildman–Crippen LogP) is 2.01. The number of anilines is 1. The summed E-state index contributed by atoms with van der Waals surface area (Å²) >= 11 is 0. The molecule has 1 aliphatic rings. The molecular weight excluding hydrogens is 346 g/mol. The molecule has 1 aromatic heterocycles. The molecule has 2 amide bonds. The Labute approximate surface area is 154 Å². The van der Waals surface area contributed by atoms with Crippen molar-refractivity contribution in [2.45, 2.75) is 6.04 Å². The van der Waals surface area contributed by atoms with E-state index in [0.717, 1.165) is 5.52 Å². The number of H-pyrrole nitrogens is 1. The molecule has 7 heteroatoms. The lowest BCUT2D eigenvalue weighted by Gasteiger charge is -2.17. The maximum Gasteiger partial charge on any atom is 0.310 e. The van der Waals surface area contributed by atoms with Gasteiger partial charge < -0.3 is 20.3 Å². The van der Waals surface area contributed by atoms with E-state index in [4.69, 9.17) is 0 Å². The Balaban J connectivity index is 1.62. The van der Waals surface area contributed by atoms with E-state index in [9.17, 15) is 19.5 Å². The molecule has 2 aromatic carbocycles. The van der Waals surface area contributed by atoms with Crippen molar-refractivity contribution >= 4 is 34.4 Å². The van der Waals surface area contributed by atoms with Crippen molar-refractivity contribution in [3.05, 3.63) is 66.4 Å². The number of aromatic amines is 1. The molecule has 0 radical (unpaired) electrons.